The summed E-state index contributed by atoms with van der Waals surface area (Å²) in [6.07, 6.45) is 2.22. The van der Waals surface area contributed by atoms with Crippen LogP contribution in [0.5, 0.6) is 5.75 Å². The number of benzene rings is 3. The number of carbonyl (C=O) groups excluding carboxylic acids is 2. The molecule has 238 valence electrons. The molecule has 0 saturated heterocycles. The van der Waals surface area contributed by atoms with Crippen LogP contribution in [0, 0.1) is 0 Å². The van der Waals surface area contributed by atoms with Gasteiger partial charge < -0.3 is 18.6 Å². The number of amides is 1. The van der Waals surface area contributed by atoms with Gasteiger partial charge in [-0.15, -0.1) is 0 Å². The molecule has 0 aliphatic rings. The second kappa shape index (κ2) is 13.2. The van der Waals surface area contributed by atoms with Gasteiger partial charge in [-0.1, -0.05) is 60.7 Å². The van der Waals surface area contributed by atoms with Gasteiger partial charge in [0.1, 0.15) is 5.60 Å². The first-order chi connectivity index (χ1) is 21.1. The summed E-state index contributed by atoms with van der Waals surface area (Å²) in [6, 6.07) is 20.4. The van der Waals surface area contributed by atoms with Gasteiger partial charge in [0.15, 0.2) is 5.75 Å². The predicted molar refractivity (Wildman–Crippen MR) is 163 cm³/mol. The molecule has 0 unspecified atom stereocenters. The third-order valence-electron chi connectivity index (χ3n) is 6.34. The fourth-order valence-electron chi connectivity index (χ4n) is 4.43. The van der Waals surface area contributed by atoms with Gasteiger partial charge >= 0.3 is 21.7 Å². The molecule has 0 aliphatic heterocycles. The lowest BCUT2D eigenvalue weighted by atomic mass is 10.0. The van der Waals surface area contributed by atoms with Gasteiger partial charge in [0.25, 0.3) is 5.91 Å². The van der Waals surface area contributed by atoms with Crippen molar-refractivity contribution >= 4 is 44.3 Å². The van der Waals surface area contributed by atoms with E-state index < -0.39 is 39.0 Å². The zero-order valence-electron chi connectivity index (χ0n) is 24.9. The van der Waals surface area contributed by atoms with E-state index in [4.69, 9.17) is 9.47 Å². The molecule has 4 aromatic rings. The Bertz CT molecular complexity index is 1830. The number of aromatic nitrogens is 1. The maximum atomic E-state index is 14.6. The number of hydrogen-bond acceptors (Lipinski definition) is 7. The fourth-order valence-corrected chi connectivity index (χ4v) is 4.90. The normalized spacial score (nSPS) is 12.6. The number of hydrogen-bond donors (Lipinski definition) is 0. The monoisotopic (exact) mass is 644 g/mol. The summed E-state index contributed by atoms with van der Waals surface area (Å²) in [5, 5.41) is 0.503. The zero-order valence-corrected chi connectivity index (χ0v) is 25.7. The van der Waals surface area contributed by atoms with Crippen LogP contribution in [0.4, 0.5) is 23.7 Å². The average molecular weight is 645 g/mol. The number of fused-ring (bicyclic) bond motifs is 1. The smallest absolute Gasteiger partial charge is 0.443 e. The first-order valence-corrected chi connectivity index (χ1v) is 15.0. The highest BCUT2D eigenvalue weighted by Gasteiger charge is 2.49. The molecule has 0 N–H and O–H groups in total. The van der Waals surface area contributed by atoms with Crippen LogP contribution in [0.25, 0.3) is 16.5 Å². The minimum absolute atomic E-state index is 0.0276. The van der Waals surface area contributed by atoms with E-state index in [1.54, 1.807) is 75.4 Å². The maximum Gasteiger partial charge on any atom is 0.534 e. The number of ether oxygens (including phenoxy) is 2. The summed E-state index contributed by atoms with van der Waals surface area (Å²) >= 11 is 0. The summed E-state index contributed by atoms with van der Waals surface area (Å²) in [7, 11) is -4.66. The highest BCUT2D eigenvalue weighted by Crippen LogP contribution is 2.37. The maximum absolute atomic E-state index is 14.6. The van der Waals surface area contributed by atoms with E-state index in [9.17, 15) is 31.2 Å². The van der Waals surface area contributed by atoms with Gasteiger partial charge in [-0.25, -0.2) is 4.79 Å². The van der Waals surface area contributed by atoms with Crippen molar-refractivity contribution < 1.29 is 44.8 Å². The second-order valence-corrected chi connectivity index (χ2v) is 12.3. The van der Waals surface area contributed by atoms with Gasteiger partial charge in [0.2, 0.25) is 0 Å². The number of nitrogens with zero attached hydrogens (tertiary/aromatic N) is 2. The highest BCUT2D eigenvalue weighted by atomic mass is 32.2. The van der Waals surface area contributed by atoms with Crippen LogP contribution in [-0.2, 0) is 30.9 Å². The Kier molecular flexibility index (Phi) is 9.74. The van der Waals surface area contributed by atoms with Gasteiger partial charge in [0.05, 0.1) is 24.4 Å². The van der Waals surface area contributed by atoms with E-state index in [-0.39, 0.29) is 24.4 Å². The summed E-state index contributed by atoms with van der Waals surface area (Å²) in [5.74, 6) is -1.44. The predicted octanol–water partition coefficient (Wildman–Crippen LogP) is 6.92. The molecular weight excluding hydrogens is 613 g/mol. The standard InChI is InChI=1S/C32H31F3N2O7S/c1-31(2,3)43-30(39)37-21-25(23-14-8-9-15-26(23)37)24(18-19-42-4)29(38)36(20-22-12-6-5-7-13-22)27-16-10-11-17-28(27)44-45(40,41)32(33,34)35/h5-18,21H,19-20H2,1-4H3/b24-18-. The van der Waals surface area contributed by atoms with Crippen LogP contribution < -0.4 is 9.08 Å². The minimum Gasteiger partial charge on any atom is -0.443 e. The molecule has 0 radical (unpaired) electrons. The first-order valence-electron chi connectivity index (χ1n) is 13.6. The van der Waals surface area contributed by atoms with Crippen LogP contribution in [-0.4, -0.2) is 49.8 Å². The quantitative estimate of drug-likeness (QED) is 0.111. The largest absolute Gasteiger partial charge is 0.534 e. The number of rotatable bonds is 9. The van der Waals surface area contributed by atoms with Crippen molar-refractivity contribution in [1.29, 1.82) is 0 Å². The van der Waals surface area contributed by atoms with Crippen molar-refractivity contribution in [2.75, 3.05) is 18.6 Å². The number of methoxy groups -OCH3 is 1. The Hall–Kier alpha value is -4.62. The Morgan fingerprint density at radius 2 is 1.53 bits per heavy atom. The second-order valence-electron chi connectivity index (χ2n) is 10.8. The first kappa shape index (κ1) is 33.3. The Balaban J connectivity index is 1.91. The molecule has 3 aromatic carbocycles. The lowest BCUT2D eigenvalue weighted by molar-refractivity contribution is -0.113. The van der Waals surface area contributed by atoms with E-state index in [0.717, 1.165) is 11.0 Å². The molecule has 4 rings (SSSR count). The van der Waals surface area contributed by atoms with E-state index in [1.165, 1.54) is 42.1 Å². The molecule has 0 saturated carbocycles. The molecule has 0 bridgehead atoms. The molecule has 0 atom stereocenters. The molecule has 0 fully saturated rings. The summed E-state index contributed by atoms with van der Waals surface area (Å²) in [4.78, 5) is 28.9. The van der Waals surface area contributed by atoms with E-state index in [2.05, 4.69) is 4.18 Å². The van der Waals surface area contributed by atoms with Crippen molar-refractivity contribution in [3.63, 3.8) is 0 Å². The average Bonchev–Trinajstić information content (AvgIpc) is 3.35. The number of para-hydroxylation sites is 3. The summed E-state index contributed by atoms with van der Waals surface area (Å²) < 4.78 is 80.5. The molecule has 0 aliphatic carbocycles. The third kappa shape index (κ3) is 7.73. The Morgan fingerprint density at radius 1 is 0.911 bits per heavy atom. The fraction of sp³-hybridized carbons (Fsp3) is 0.250. The minimum atomic E-state index is -6.07. The highest BCUT2D eigenvalue weighted by molar-refractivity contribution is 7.88. The van der Waals surface area contributed by atoms with Crippen LogP contribution in [0.3, 0.4) is 0 Å². The van der Waals surface area contributed by atoms with Gasteiger partial charge in [-0.3, -0.25) is 9.36 Å². The number of alkyl halides is 3. The lowest BCUT2D eigenvalue weighted by Crippen LogP contribution is -2.33. The molecule has 1 heterocycles. The van der Waals surface area contributed by atoms with Gasteiger partial charge in [0, 0.05) is 29.8 Å². The van der Waals surface area contributed by atoms with Crippen molar-refractivity contribution in [1.82, 2.24) is 4.57 Å². The lowest BCUT2D eigenvalue weighted by Gasteiger charge is -2.26. The number of halogens is 3. The van der Waals surface area contributed by atoms with Crippen LogP contribution in [0.15, 0.2) is 91.1 Å². The van der Waals surface area contributed by atoms with Crippen molar-refractivity contribution in [2.24, 2.45) is 0 Å². The molecule has 0 spiro atoms. The molecule has 13 heteroatoms. The van der Waals surface area contributed by atoms with E-state index >= 15 is 0 Å². The topological polar surface area (TPSA) is 104 Å². The molecule has 1 aromatic heterocycles. The van der Waals surface area contributed by atoms with Crippen molar-refractivity contribution in [2.45, 2.75) is 38.4 Å². The summed E-state index contributed by atoms with van der Waals surface area (Å²) in [6.45, 7) is 4.91. The van der Waals surface area contributed by atoms with E-state index in [1.807, 2.05) is 0 Å². The van der Waals surface area contributed by atoms with E-state index in [0.29, 0.717) is 22.0 Å². The number of anilines is 1. The third-order valence-corrected chi connectivity index (χ3v) is 7.31. The molecule has 45 heavy (non-hydrogen) atoms. The Labute approximate surface area is 258 Å². The molecule has 9 nitrogen and oxygen atoms in total. The van der Waals surface area contributed by atoms with Crippen LogP contribution in [0.2, 0.25) is 0 Å². The SMILES string of the molecule is COC/C=C(\C(=O)N(Cc1ccccc1)c1ccccc1OS(=O)(=O)C(F)(F)F)c1cn(C(=O)OC(C)(C)C)c2ccccc12. The molecular formula is C32H31F3N2O7S. The Morgan fingerprint density at radius 3 is 2.18 bits per heavy atom. The zero-order chi connectivity index (χ0) is 33.0. The van der Waals surface area contributed by atoms with Crippen molar-refractivity contribution in [3.05, 3.63) is 102 Å². The number of carbonyl (C=O) groups is 2. The van der Waals surface area contributed by atoms with Gasteiger partial charge in [-0.05, 0) is 50.6 Å². The van der Waals surface area contributed by atoms with Gasteiger partial charge in [-0.2, -0.15) is 21.6 Å². The summed E-state index contributed by atoms with van der Waals surface area (Å²) in [5.41, 5.74) is -5.41. The van der Waals surface area contributed by atoms with Crippen LogP contribution in [0.1, 0.15) is 31.9 Å². The van der Waals surface area contributed by atoms with Crippen molar-refractivity contribution in [3.8, 4) is 5.75 Å². The van der Waals surface area contributed by atoms with Crippen LogP contribution >= 0.6 is 0 Å². The molecule has 1 amide bonds.